The number of carbonyl (C=O) groups is 1. The fraction of sp³-hybridized carbons (Fsp3) is 0.194. The van der Waals surface area contributed by atoms with Crippen LogP contribution < -0.4 is 15.4 Å². The van der Waals surface area contributed by atoms with Gasteiger partial charge in [-0.1, -0.05) is 96.1 Å². The number of amides is 1. The molecule has 0 bridgehead atoms. The van der Waals surface area contributed by atoms with Gasteiger partial charge >= 0.3 is 8.05 Å². The van der Waals surface area contributed by atoms with Crippen LogP contribution in [0.2, 0.25) is 0 Å². The van der Waals surface area contributed by atoms with Gasteiger partial charge in [0.2, 0.25) is 5.91 Å². The van der Waals surface area contributed by atoms with Gasteiger partial charge < -0.3 is 25.0 Å². The van der Waals surface area contributed by atoms with Crippen molar-refractivity contribution in [3.8, 4) is 5.75 Å². The zero-order chi connectivity index (χ0) is 33.0. The van der Waals surface area contributed by atoms with Crippen LogP contribution in [0.25, 0.3) is 10.9 Å². The molecule has 6 rings (SSSR count). The number of carbonyl (C=O) groups excluding carboxylic acids is 1. The van der Waals surface area contributed by atoms with Crippen LogP contribution in [0.15, 0.2) is 120 Å². The van der Waals surface area contributed by atoms with E-state index in [1.54, 1.807) is 0 Å². The summed E-state index contributed by atoms with van der Waals surface area (Å²) in [4.78, 5) is 22.9. The lowest BCUT2D eigenvalue weighted by Gasteiger charge is -2.21. The molecular formula is C36H35BN8O3. The molecule has 48 heavy (non-hydrogen) atoms. The number of para-hydroxylation sites is 1. The molecule has 0 fully saturated rings. The van der Waals surface area contributed by atoms with Crippen LogP contribution in [0.5, 0.6) is 5.75 Å². The number of rotatable bonds is 16. The Labute approximate surface area is 279 Å². The number of tetrazole rings is 1. The van der Waals surface area contributed by atoms with Crippen LogP contribution in [-0.2, 0) is 35.4 Å². The maximum Gasteiger partial charge on any atom is 0.375 e. The third kappa shape index (κ3) is 8.88. The van der Waals surface area contributed by atoms with Gasteiger partial charge in [0.25, 0.3) is 5.95 Å². The first kappa shape index (κ1) is 32.1. The molecule has 1 amide bonds. The number of nitrogens with one attached hydrogen (secondary N) is 3. The van der Waals surface area contributed by atoms with E-state index in [4.69, 9.17) is 12.8 Å². The minimum Gasteiger partial charge on any atom is -0.560 e. The fourth-order valence-corrected chi connectivity index (χ4v) is 5.39. The maximum absolute atomic E-state index is 13.8. The number of hydrogen-bond acceptors (Lipinski definition) is 8. The van der Waals surface area contributed by atoms with Crippen molar-refractivity contribution in [3.05, 3.63) is 138 Å². The van der Waals surface area contributed by atoms with Crippen molar-refractivity contribution >= 4 is 37.2 Å². The van der Waals surface area contributed by atoms with Crippen molar-refractivity contribution in [1.82, 2.24) is 30.5 Å². The number of H-pyrrole nitrogens is 1. The van der Waals surface area contributed by atoms with E-state index in [1.807, 2.05) is 109 Å². The maximum atomic E-state index is 13.8. The zero-order valence-corrected chi connectivity index (χ0v) is 26.3. The molecule has 0 spiro atoms. The summed E-state index contributed by atoms with van der Waals surface area (Å²) in [5.41, 5.74) is 5.14. The van der Waals surface area contributed by atoms with Crippen molar-refractivity contribution in [2.75, 3.05) is 11.9 Å². The summed E-state index contributed by atoms with van der Waals surface area (Å²) < 4.78 is 10.5. The van der Waals surface area contributed by atoms with E-state index < -0.39 is 6.04 Å². The molecule has 12 heteroatoms. The second-order valence-electron chi connectivity index (χ2n) is 11.3. The molecule has 0 unspecified atom stereocenters. The molecule has 2 radical (unpaired) electrons. The van der Waals surface area contributed by atoms with Crippen molar-refractivity contribution < 1.29 is 14.2 Å². The first-order valence-corrected chi connectivity index (χ1v) is 15.7. The lowest BCUT2D eigenvalue weighted by molar-refractivity contribution is -0.122. The van der Waals surface area contributed by atoms with Crippen molar-refractivity contribution in [3.63, 3.8) is 0 Å². The normalized spacial score (nSPS) is 12.5. The predicted molar refractivity (Wildman–Crippen MR) is 186 cm³/mol. The Kier molecular flexibility index (Phi) is 10.7. The number of aromatic amines is 1. The Balaban J connectivity index is 1.13. The highest BCUT2D eigenvalue weighted by atomic mass is 16.5. The number of hydrogen-bond donors (Lipinski definition) is 3. The van der Waals surface area contributed by atoms with Crippen LogP contribution in [-0.4, -0.2) is 64.2 Å². The van der Waals surface area contributed by atoms with Crippen LogP contribution in [0.4, 0.5) is 5.95 Å². The van der Waals surface area contributed by atoms with E-state index in [9.17, 15) is 4.79 Å². The minimum atomic E-state index is -0.792. The molecule has 0 aliphatic carbocycles. The van der Waals surface area contributed by atoms with Gasteiger partial charge in [-0.05, 0) is 52.1 Å². The zero-order valence-electron chi connectivity index (χ0n) is 26.3. The average Bonchev–Trinajstić information content (AvgIpc) is 3.76. The molecule has 0 saturated heterocycles. The minimum absolute atomic E-state index is 0.278. The van der Waals surface area contributed by atoms with Gasteiger partial charge in [0.15, 0.2) is 6.40 Å². The third-order valence-corrected chi connectivity index (χ3v) is 7.82. The van der Waals surface area contributed by atoms with Crippen molar-refractivity contribution in [1.29, 1.82) is 0 Å². The standard InChI is InChI=1S/C36H35BN8O3/c37-48-25-40-34(19-26-15-17-31(18-16-26)47-24-28-11-5-2-6-12-28)35(46)41-30(20-29-21-38-33-14-8-7-13-32(29)33)22-39-36-42-44-45(43-36)23-27-9-3-1-4-10-27/h1-18,21,25,30,34,38H,19-20,22-24H2,(H,39,43)(H,41,46)/t30-,34-/m0/s1. The molecule has 0 saturated carbocycles. The Bertz CT molecular complexity index is 1910. The number of ether oxygens (including phenoxy) is 1. The number of aliphatic imine (C=N–C) groups is 1. The van der Waals surface area contributed by atoms with E-state index in [0.29, 0.717) is 38.5 Å². The van der Waals surface area contributed by atoms with Gasteiger partial charge in [0.05, 0.1) is 12.6 Å². The van der Waals surface area contributed by atoms with E-state index in [1.165, 1.54) is 4.80 Å². The topological polar surface area (TPSA) is 131 Å². The second-order valence-corrected chi connectivity index (χ2v) is 11.3. The number of anilines is 1. The molecule has 4 aromatic carbocycles. The smallest absolute Gasteiger partial charge is 0.375 e. The second kappa shape index (κ2) is 16.1. The molecule has 2 aromatic heterocycles. The van der Waals surface area contributed by atoms with Crippen LogP contribution >= 0.6 is 0 Å². The highest BCUT2D eigenvalue weighted by Crippen LogP contribution is 2.20. The van der Waals surface area contributed by atoms with E-state index in [-0.39, 0.29) is 11.9 Å². The summed E-state index contributed by atoms with van der Waals surface area (Å²) in [5.74, 6) is 0.821. The fourth-order valence-electron chi connectivity index (χ4n) is 5.39. The first-order valence-electron chi connectivity index (χ1n) is 15.7. The van der Waals surface area contributed by atoms with E-state index in [2.05, 4.69) is 46.7 Å². The van der Waals surface area contributed by atoms with Crippen LogP contribution in [0, 0.1) is 0 Å². The van der Waals surface area contributed by atoms with Gasteiger partial charge in [-0.2, -0.15) is 4.80 Å². The highest BCUT2D eigenvalue weighted by molar-refractivity contribution is 6.02. The van der Waals surface area contributed by atoms with E-state index in [0.717, 1.165) is 45.3 Å². The highest BCUT2D eigenvalue weighted by Gasteiger charge is 2.23. The monoisotopic (exact) mass is 638 g/mol. The van der Waals surface area contributed by atoms with Gasteiger partial charge in [-0.3, -0.25) is 4.79 Å². The summed E-state index contributed by atoms with van der Waals surface area (Å²) >= 11 is 0. The molecular weight excluding hydrogens is 603 g/mol. The number of nitrogens with zero attached hydrogens (tertiary/aromatic N) is 5. The quantitative estimate of drug-likeness (QED) is 0.0799. The number of benzene rings is 4. The lowest BCUT2D eigenvalue weighted by Crippen LogP contribution is -2.46. The van der Waals surface area contributed by atoms with Crippen LogP contribution in [0.3, 0.4) is 0 Å². The van der Waals surface area contributed by atoms with Crippen molar-refractivity contribution in [2.24, 2.45) is 4.99 Å². The van der Waals surface area contributed by atoms with Gasteiger partial charge in [-0.15, -0.1) is 5.10 Å². The summed E-state index contributed by atoms with van der Waals surface area (Å²) in [6.45, 7) is 1.31. The van der Waals surface area contributed by atoms with Gasteiger partial charge in [0.1, 0.15) is 18.4 Å². The van der Waals surface area contributed by atoms with Gasteiger partial charge in [0, 0.05) is 30.1 Å². The molecule has 0 aliphatic heterocycles. The summed E-state index contributed by atoms with van der Waals surface area (Å²) in [6, 6.07) is 34.4. The summed E-state index contributed by atoms with van der Waals surface area (Å²) in [5, 5.41) is 20.3. The predicted octanol–water partition coefficient (Wildman–Crippen LogP) is 4.66. The Morgan fingerprint density at radius 3 is 2.40 bits per heavy atom. The van der Waals surface area contributed by atoms with E-state index >= 15 is 0 Å². The van der Waals surface area contributed by atoms with Gasteiger partial charge in [-0.25, -0.2) is 4.99 Å². The molecule has 3 N–H and O–H groups in total. The number of aromatic nitrogens is 5. The number of fused-ring (bicyclic) bond motifs is 1. The summed E-state index contributed by atoms with van der Waals surface area (Å²) in [7, 11) is 5.25. The summed E-state index contributed by atoms with van der Waals surface area (Å²) in [6.07, 6.45) is 3.92. The average molecular weight is 639 g/mol. The SMILES string of the molecule is [B]OC=N[C@@H](Cc1ccc(OCc2ccccc2)cc1)C(=O)N[C@H](CNc1nnn(Cc2ccccc2)n1)Cc1c[nH]c2ccccc12. The molecule has 0 aliphatic rings. The van der Waals surface area contributed by atoms with Crippen molar-refractivity contribution in [2.45, 2.75) is 38.1 Å². The Hall–Kier alpha value is -5.91. The Morgan fingerprint density at radius 2 is 1.62 bits per heavy atom. The molecule has 11 nitrogen and oxygen atoms in total. The molecule has 6 aromatic rings. The largest absolute Gasteiger partial charge is 0.560 e. The molecule has 2 atom stereocenters. The molecule has 2 heterocycles. The Morgan fingerprint density at radius 1 is 0.896 bits per heavy atom. The lowest BCUT2D eigenvalue weighted by atomic mass is 10.0. The first-order chi connectivity index (χ1) is 23.6. The third-order valence-electron chi connectivity index (χ3n) is 7.82. The molecule has 240 valence electrons. The van der Waals surface area contributed by atoms with Crippen LogP contribution in [0.1, 0.15) is 22.3 Å².